The molecule has 33 heavy (non-hydrogen) atoms. The van der Waals surface area contributed by atoms with Gasteiger partial charge < -0.3 is 10.1 Å². The highest BCUT2D eigenvalue weighted by atomic mass is 35.5. The van der Waals surface area contributed by atoms with Crippen LogP contribution in [-0.4, -0.2) is 43.8 Å². The standard InChI is InChI=1S/C22H21ClFN3O4S2/c1-31-20-7-2-15(12-18(20)23)19-13-32-22(25-19)26-21(28)14-8-10-27(11-9-14)33(29,30)17-5-3-16(24)4-6-17/h2-7,12-14H,8-11H2,1H3,(H,25,26,28). The van der Waals surface area contributed by atoms with Crippen molar-refractivity contribution in [1.29, 1.82) is 0 Å². The minimum atomic E-state index is -3.72. The lowest BCUT2D eigenvalue weighted by Crippen LogP contribution is -2.41. The third-order valence-electron chi connectivity index (χ3n) is 5.46. The van der Waals surface area contributed by atoms with E-state index in [-0.39, 0.29) is 29.8 Å². The minimum Gasteiger partial charge on any atom is -0.495 e. The summed E-state index contributed by atoms with van der Waals surface area (Å²) < 4.78 is 45.1. The molecule has 0 bridgehead atoms. The number of hydrogen-bond acceptors (Lipinski definition) is 6. The van der Waals surface area contributed by atoms with Gasteiger partial charge in [0.25, 0.3) is 0 Å². The van der Waals surface area contributed by atoms with E-state index in [0.717, 1.165) is 17.7 Å². The molecule has 0 spiro atoms. The maximum Gasteiger partial charge on any atom is 0.243 e. The minimum absolute atomic E-state index is 0.0424. The molecule has 0 aliphatic carbocycles. The lowest BCUT2D eigenvalue weighted by Gasteiger charge is -2.30. The van der Waals surface area contributed by atoms with Crippen LogP contribution in [0.1, 0.15) is 12.8 Å². The Morgan fingerprint density at radius 3 is 2.55 bits per heavy atom. The van der Waals surface area contributed by atoms with Crippen LogP contribution >= 0.6 is 22.9 Å². The molecule has 0 unspecified atom stereocenters. The first-order valence-electron chi connectivity index (χ1n) is 10.1. The number of piperidine rings is 1. The number of amides is 1. The fourth-order valence-electron chi connectivity index (χ4n) is 3.61. The van der Waals surface area contributed by atoms with Crippen molar-refractivity contribution in [2.45, 2.75) is 17.7 Å². The van der Waals surface area contributed by atoms with Gasteiger partial charge in [0, 0.05) is 30.0 Å². The summed E-state index contributed by atoms with van der Waals surface area (Å²) in [5.41, 5.74) is 1.48. The van der Waals surface area contributed by atoms with Gasteiger partial charge >= 0.3 is 0 Å². The molecule has 0 atom stereocenters. The molecular formula is C22H21ClFN3O4S2. The van der Waals surface area contributed by atoms with Crippen molar-refractivity contribution in [3.05, 3.63) is 58.7 Å². The zero-order valence-electron chi connectivity index (χ0n) is 17.6. The molecule has 0 radical (unpaired) electrons. The number of sulfonamides is 1. The molecule has 1 saturated heterocycles. The molecule has 174 valence electrons. The fourth-order valence-corrected chi connectivity index (χ4v) is 6.06. The van der Waals surface area contributed by atoms with Crippen molar-refractivity contribution in [1.82, 2.24) is 9.29 Å². The molecule has 1 aromatic heterocycles. The topological polar surface area (TPSA) is 88.6 Å². The molecule has 1 amide bonds. The highest BCUT2D eigenvalue weighted by Crippen LogP contribution is 2.32. The van der Waals surface area contributed by atoms with E-state index in [1.165, 1.54) is 27.8 Å². The van der Waals surface area contributed by atoms with E-state index >= 15 is 0 Å². The van der Waals surface area contributed by atoms with E-state index in [0.29, 0.717) is 34.4 Å². The van der Waals surface area contributed by atoms with Gasteiger partial charge in [0.2, 0.25) is 15.9 Å². The first kappa shape index (κ1) is 23.6. The Balaban J connectivity index is 1.36. The molecule has 2 aromatic carbocycles. The van der Waals surface area contributed by atoms with Crippen molar-refractivity contribution in [2.24, 2.45) is 5.92 Å². The van der Waals surface area contributed by atoms with Gasteiger partial charge in [-0.2, -0.15) is 4.31 Å². The molecule has 2 heterocycles. The lowest BCUT2D eigenvalue weighted by atomic mass is 9.97. The number of hydrogen-bond donors (Lipinski definition) is 1. The van der Waals surface area contributed by atoms with Gasteiger partial charge in [0.15, 0.2) is 5.13 Å². The number of ether oxygens (including phenoxy) is 1. The Hall–Kier alpha value is -2.53. The number of nitrogens with one attached hydrogen (secondary N) is 1. The average molecular weight is 510 g/mol. The predicted octanol–water partition coefficient (Wildman–Crippen LogP) is 4.65. The van der Waals surface area contributed by atoms with Gasteiger partial charge in [-0.25, -0.2) is 17.8 Å². The molecule has 0 saturated carbocycles. The number of halogens is 2. The molecule has 4 rings (SSSR count). The number of thiazole rings is 1. The summed E-state index contributed by atoms with van der Waals surface area (Å²) in [5, 5.41) is 5.59. The number of anilines is 1. The SMILES string of the molecule is COc1ccc(-c2csc(NC(=O)C3CCN(S(=O)(=O)c4ccc(F)cc4)CC3)n2)cc1Cl. The first-order valence-corrected chi connectivity index (χ1v) is 12.8. The van der Waals surface area contributed by atoms with Crippen LogP contribution in [0.15, 0.2) is 52.7 Å². The van der Waals surface area contributed by atoms with Crippen molar-refractivity contribution in [3.63, 3.8) is 0 Å². The number of carbonyl (C=O) groups excluding carboxylic acids is 1. The van der Waals surface area contributed by atoms with Gasteiger partial charge in [-0.05, 0) is 55.3 Å². The van der Waals surface area contributed by atoms with Crippen LogP contribution in [-0.2, 0) is 14.8 Å². The van der Waals surface area contributed by atoms with E-state index < -0.39 is 15.8 Å². The van der Waals surface area contributed by atoms with Crippen LogP contribution in [0, 0.1) is 11.7 Å². The largest absolute Gasteiger partial charge is 0.495 e. The molecule has 3 aromatic rings. The van der Waals surface area contributed by atoms with E-state index in [1.807, 2.05) is 11.4 Å². The third-order valence-corrected chi connectivity index (χ3v) is 8.42. The van der Waals surface area contributed by atoms with Crippen LogP contribution in [0.2, 0.25) is 5.02 Å². The second-order valence-electron chi connectivity index (χ2n) is 7.51. The van der Waals surface area contributed by atoms with Crippen LogP contribution < -0.4 is 10.1 Å². The second kappa shape index (κ2) is 9.76. The number of aromatic nitrogens is 1. The highest BCUT2D eigenvalue weighted by molar-refractivity contribution is 7.89. The lowest BCUT2D eigenvalue weighted by molar-refractivity contribution is -0.120. The second-order valence-corrected chi connectivity index (χ2v) is 10.7. The molecular weight excluding hydrogens is 489 g/mol. The number of methoxy groups -OCH3 is 1. The molecule has 1 N–H and O–H groups in total. The van der Waals surface area contributed by atoms with Gasteiger partial charge in [-0.3, -0.25) is 4.79 Å². The van der Waals surface area contributed by atoms with Gasteiger partial charge in [-0.1, -0.05) is 11.6 Å². The zero-order chi connectivity index (χ0) is 23.6. The van der Waals surface area contributed by atoms with Crippen LogP contribution in [0.25, 0.3) is 11.3 Å². The molecule has 11 heteroatoms. The summed E-state index contributed by atoms with van der Waals surface area (Å²) in [4.78, 5) is 17.2. The quantitative estimate of drug-likeness (QED) is 0.522. The smallest absolute Gasteiger partial charge is 0.243 e. The van der Waals surface area contributed by atoms with Crippen molar-refractivity contribution in [3.8, 4) is 17.0 Å². The molecule has 1 fully saturated rings. The number of rotatable bonds is 6. The van der Waals surface area contributed by atoms with Crippen LogP contribution in [0.3, 0.4) is 0 Å². The van der Waals surface area contributed by atoms with Gasteiger partial charge in [0.1, 0.15) is 11.6 Å². The summed E-state index contributed by atoms with van der Waals surface area (Å²) in [6.45, 7) is 0.427. The molecule has 7 nitrogen and oxygen atoms in total. The Morgan fingerprint density at radius 2 is 1.91 bits per heavy atom. The van der Waals surface area contributed by atoms with E-state index in [2.05, 4.69) is 10.3 Å². The van der Waals surface area contributed by atoms with Gasteiger partial charge in [0.05, 0.1) is 22.7 Å². The van der Waals surface area contributed by atoms with Crippen LogP contribution in [0.5, 0.6) is 5.75 Å². The van der Waals surface area contributed by atoms with Crippen molar-refractivity contribution in [2.75, 3.05) is 25.5 Å². The Labute approximate surface area is 200 Å². The molecule has 1 aliphatic rings. The summed E-state index contributed by atoms with van der Waals surface area (Å²) in [5.74, 6) is -0.448. The number of carbonyl (C=O) groups is 1. The maximum atomic E-state index is 13.1. The van der Waals surface area contributed by atoms with Crippen LogP contribution in [0.4, 0.5) is 9.52 Å². The number of benzene rings is 2. The molecule has 1 aliphatic heterocycles. The summed E-state index contributed by atoms with van der Waals surface area (Å²) in [6.07, 6.45) is 0.775. The Kier molecular flexibility index (Phi) is 6.99. The zero-order valence-corrected chi connectivity index (χ0v) is 20.0. The van der Waals surface area contributed by atoms with E-state index in [4.69, 9.17) is 16.3 Å². The summed E-state index contributed by atoms with van der Waals surface area (Å²) in [7, 11) is -2.18. The fraction of sp³-hybridized carbons (Fsp3) is 0.273. The summed E-state index contributed by atoms with van der Waals surface area (Å²) >= 11 is 7.48. The highest BCUT2D eigenvalue weighted by Gasteiger charge is 2.32. The maximum absolute atomic E-state index is 13.1. The normalized spacial score (nSPS) is 15.4. The van der Waals surface area contributed by atoms with Crippen molar-refractivity contribution < 1.29 is 22.3 Å². The Morgan fingerprint density at radius 1 is 1.21 bits per heavy atom. The van der Waals surface area contributed by atoms with Crippen molar-refractivity contribution >= 4 is 44.0 Å². The third kappa shape index (κ3) is 5.19. The monoisotopic (exact) mass is 509 g/mol. The van der Waals surface area contributed by atoms with E-state index in [1.54, 1.807) is 19.2 Å². The summed E-state index contributed by atoms with van der Waals surface area (Å²) in [6, 6.07) is 10.1. The van der Waals surface area contributed by atoms with E-state index in [9.17, 15) is 17.6 Å². The average Bonchev–Trinajstić information content (AvgIpc) is 3.28. The Bertz CT molecular complexity index is 1260. The first-order chi connectivity index (χ1) is 15.8. The van der Waals surface area contributed by atoms with Gasteiger partial charge in [-0.15, -0.1) is 11.3 Å². The number of nitrogens with zero attached hydrogens (tertiary/aromatic N) is 2. The predicted molar refractivity (Wildman–Crippen MR) is 126 cm³/mol.